The van der Waals surface area contributed by atoms with Crippen LogP contribution in [0.25, 0.3) is 0 Å². The van der Waals surface area contributed by atoms with Gasteiger partial charge in [-0.1, -0.05) is 18.9 Å². The summed E-state index contributed by atoms with van der Waals surface area (Å²) < 4.78 is 4.88. The molecule has 2 heteroatoms. The van der Waals surface area contributed by atoms with Gasteiger partial charge in [0.05, 0.1) is 6.61 Å². The van der Waals surface area contributed by atoms with E-state index in [-0.39, 0.29) is 5.97 Å². The van der Waals surface area contributed by atoms with Gasteiger partial charge >= 0.3 is 5.97 Å². The van der Waals surface area contributed by atoms with Crippen LogP contribution in [-0.2, 0) is 9.53 Å². The average Bonchev–Trinajstić information content (AvgIpc) is 2.19. The molecule has 1 aliphatic carbocycles. The van der Waals surface area contributed by atoms with Crippen LogP contribution in [0.4, 0.5) is 0 Å². The summed E-state index contributed by atoms with van der Waals surface area (Å²) in [5, 5.41) is 0. The van der Waals surface area contributed by atoms with Gasteiger partial charge in [-0.15, -0.1) is 0 Å². The van der Waals surface area contributed by atoms with E-state index in [0.29, 0.717) is 6.61 Å². The van der Waals surface area contributed by atoms with Crippen LogP contribution in [0.1, 0.15) is 46.0 Å². The molecule has 0 spiro atoms. The number of esters is 1. The Morgan fingerprint density at radius 3 is 2.57 bits per heavy atom. The molecule has 0 aromatic rings. The lowest BCUT2D eigenvalue weighted by Crippen LogP contribution is -2.09. The first-order valence-electron chi connectivity index (χ1n) is 5.62. The van der Waals surface area contributed by atoms with Crippen molar-refractivity contribution in [3.05, 3.63) is 11.6 Å². The molecule has 0 radical (unpaired) electrons. The van der Waals surface area contributed by atoms with E-state index in [2.05, 4.69) is 6.92 Å². The van der Waals surface area contributed by atoms with E-state index in [0.717, 1.165) is 18.8 Å². The van der Waals surface area contributed by atoms with E-state index < -0.39 is 0 Å². The summed E-state index contributed by atoms with van der Waals surface area (Å²) in [6, 6.07) is 0. The van der Waals surface area contributed by atoms with E-state index >= 15 is 0 Å². The molecule has 1 saturated carbocycles. The molecule has 0 saturated heterocycles. The van der Waals surface area contributed by atoms with Crippen molar-refractivity contribution in [3.8, 4) is 0 Å². The zero-order chi connectivity index (χ0) is 10.4. The molecule has 0 aliphatic heterocycles. The molecule has 0 N–H and O–H groups in total. The van der Waals surface area contributed by atoms with Crippen LogP contribution >= 0.6 is 0 Å². The molecule has 14 heavy (non-hydrogen) atoms. The first-order valence-corrected chi connectivity index (χ1v) is 5.62. The summed E-state index contributed by atoms with van der Waals surface area (Å²) in [6.45, 7) is 4.55. The zero-order valence-electron chi connectivity index (χ0n) is 9.21. The van der Waals surface area contributed by atoms with Gasteiger partial charge in [-0.05, 0) is 38.5 Å². The second-order valence-electron chi connectivity index (χ2n) is 3.91. The summed E-state index contributed by atoms with van der Waals surface area (Å²) in [5.41, 5.74) is 1.27. The summed E-state index contributed by atoms with van der Waals surface area (Å²) in [7, 11) is 0. The van der Waals surface area contributed by atoms with Crippen molar-refractivity contribution in [2.24, 2.45) is 5.92 Å². The quantitative estimate of drug-likeness (QED) is 0.512. The second-order valence-corrected chi connectivity index (χ2v) is 3.91. The van der Waals surface area contributed by atoms with Crippen LogP contribution in [0.15, 0.2) is 11.6 Å². The Labute approximate surface area is 86.3 Å². The van der Waals surface area contributed by atoms with Gasteiger partial charge in [0.2, 0.25) is 0 Å². The highest BCUT2D eigenvalue weighted by Gasteiger charge is 2.15. The molecular formula is C12H20O2. The number of carbonyl (C=O) groups is 1. The largest absolute Gasteiger partial charge is 0.463 e. The molecule has 0 heterocycles. The van der Waals surface area contributed by atoms with E-state index in [1.54, 1.807) is 6.08 Å². The summed E-state index contributed by atoms with van der Waals surface area (Å²) in [4.78, 5) is 11.2. The number of carbonyl (C=O) groups excluding carboxylic acids is 1. The fraction of sp³-hybridized carbons (Fsp3) is 0.750. The standard InChI is InChI=1S/C12H20O2/c1-3-10-5-7-11(8-6-10)9-12(13)14-4-2/h9-10H,3-8H2,1-2H3. The Hall–Kier alpha value is -0.790. The molecule has 0 aromatic heterocycles. The van der Waals surface area contributed by atoms with Crippen LogP contribution in [-0.4, -0.2) is 12.6 Å². The maximum absolute atomic E-state index is 11.2. The molecular weight excluding hydrogens is 176 g/mol. The van der Waals surface area contributed by atoms with Gasteiger partial charge in [0.1, 0.15) is 0 Å². The van der Waals surface area contributed by atoms with Crippen molar-refractivity contribution in [3.63, 3.8) is 0 Å². The minimum absolute atomic E-state index is 0.169. The maximum Gasteiger partial charge on any atom is 0.330 e. The first-order chi connectivity index (χ1) is 6.76. The lowest BCUT2D eigenvalue weighted by atomic mass is 9.84. The number of allylic oxidation sites excluding steroid dienone is 1. The van der Waals surface area contributed by atoms with Gasteiger partial charge in [0, 0.05) is 6.08 Å². The van der Waals surface area contributed by atoms with Gasteiger partial charge < -0.3 is 4.74 Å². The monoisotopic (exact) mass is 196 g/mol. The van der Waals surface area contributed by atoms with Crippen molar-refractivity contribution >= 4 is 5.97 Å². The Morgan fingerprint density at radius 1 is 1.43 bits per heavy atom. The fourth-order valence-corrected chi connectivity index (χ4v) is 1.95. The zero-order valence-corrected chi connectivity index (χ0v) is 9.21. The second kappa shape index (κ2) is 5.84. The minimum atomic E-state index is -0.169. The van der Waals surface area contributed by atoms with Crippen molar-refractivity contribution < 1.29 is 9.53 Å². The maximum atomic E-state index is 11.2. The normalized spacial score (nSPS) is 21.9. The third kappa shape index (κ3) is 3.52. The SMILES string of the molecule is CCOC(=O)C=C1CCC(CC)CC1. The summed E-state index contributed by atoms with van der Waals surface area (Å²) >= 11 is 0. The molecule has 1 rings (SSSR count). The summed E-state index contributed by atoms with van der Waals surface area (Å²) in [6.07, 6.45) is 7.60. The topological polar surface area (TPSA) is 26.3 Å². The van der Waals surface area contributed by atoms with Crippen molar-refractivity contribution in [2.75, 3.05) is 6.61 Å². The minimum Gasteiger partial charge on any atom is -0.463 e. The number of ether oxygens (including phenoxy) is 1. The third-order valence-electron chi connectivity index (χ3n) is 2.93. The fourth-order valence-electron chi connectivity index (χ4n) is 1.95. The van der Waals surface area contributed by atoms with Crippen molar-refractivity contribution in [2.45, 2.75) is 46.0 Å². The first kappa shape index (κ1) is 11.3. The molecule has 0 unspecified atom stereocenters. The molecule has 1 fully saturated rings. The van der Waals surface area contributed by atoms with Gasteiger partial charge in [-0.3, -0.25) is 0 Å². The van der Waals surface area contributed by atoms with E-state index in [1.165, 1.54) is 24.8 Å². The smallest absolute Gasteiger partial charge is 0.330 e. The van der Waals surface area contributed by atoms with Crippen LogP contribution in [0.2, 0.25) is 0 Å². The lowest BCUT2D eigenvalue weighted by molar-refractivity contribution is -0.137. The molecule has 0 atom stereocenters. The van der Waals surface area contributed by atoms with Gasteiger partial charge in [-0.25, -0.2) is 4.79 Å². The Balaban J connectivity index is 2.36. The molecule has 0 bridgehead atoms. The molecule has 1 aliphatic rings. The van der Waals surface area contributed by atoms with E-state index in [1.807, 2.05) is 6.92 Å². The van der Waals surface area contributed by atoms with Crippen LogP contribution in [0, 0.1) is 5.92 Å². The predicted octanol–water partition coefficient (Wildman–Crippen LogP) is 3.08. The molecule has 0 aromatic carbocycles. The Morgan fingerprint density at radius 2 is 2.07 bits per heavy atom. The van der Waals surface area contributed by atoms with E-state index in [4.69, 9.17) is 4.74 Å². The Bertz CT molecular complexity index is 208. The number of hydrogen-bond acceptors (Lipinski definition) is 2. The van der Waals surface area contributed by atoms with Crippen LogP contribution in [0.3, 0.4) is 0 Å². The highest BCUT2D eigenvalue weighted by Crippen LogP contribution is 2.29. The highest BCUT2D eigenvalue weighted by atomic mass is 16.5. The predicted molar refractivity (Wildman–Crippen MR) is 57.0 cm³/mol. The third-order valence-corrected chi connectivity index (χ3v) is 2.93. The van der Waals surface area contributed by atoms with Crippen LogP contribution in [0.5, 0.6) is 0 Å². The number of rotatable bonds is 3. The van der Waals surface area contributed by atoms with Gasteiger partial charge in [0.15, 0.2) is 0 Å². The molecule has 2 nitrogen and oxygen atoms in total. The lowest BCUT2D eigenvalue weighted by Gasteiger charge is -2.22. The van der Waals surface area contributed by atoms with E-state index in [9.17, 15) is 4.79 Å². The highest BCUT2D eigenvalue weighted by molar-refractivity contribution is 5.82. The van der Waals surface area contributed by atoms with Crippen molar-refractivity contribution in [1.82, 2.24) is 0 Å². The van der Waals surface area contributed by atoms with Gasteiger partial charge in [-0.2, -0.15) is 0 Å². The van der Waals surface area contributed by atoms with Gasteiger partial charge in [0.25, 0.3) is 0 Å². The molecule has 80 valence electrons. The molecule has 0 amide bonds. The average molecular weight is 196 g/mol. The number of hydrogen-bond donors (Lipinski definition) is 0. The van der Waals surface area contributed by atoms with Crippen molar-refractivity contribution in [1.29, 1.82) is 0 Å². The Kier molecular flexibility index (Phi) is 4.71. The summed E-state index contributed by atoms with van der Waals surface area (Å²) in [5.74, 6) is 0.701. The van der Waals surface area contributed by atoms with Crippen LogP contribution < -0.4 is 0 Å².